The molecule has 1 aliphatic rings. The minimum absolute atomic E-state index is 0.0633. The summed E-state index contributed by atoms with van der Waals surface area (Å²) in [6.07, 6.45) is 0.359. The molecule has 1 unspecified atom stereocenters. The number of nitro benzene ring substituents is 1. The van der Waals surface area contributed by atoms with Crippen molar-refractivity contribution < 1.29 is 4.92 Å². The van der Waals surface area contributed by atoms with Gasteiger partial charge in [-0.05, 0) is 35.2 Å². The van der Waals surface area contributed by atoms with Gasteiger partial charge in [-0.15, -0.1) is 0 Å². The van der Waals surface area contributed by atoms with Crippen molar-refractivity contribution in [2.45, 2.75) is 12.3 Å². The van der Waals surface area contributed by atoms with E-state index in [2.05, 4.69) is 6.07 Å². The summed E-state index contributed by atoms with van der Waals surface area (Å²) < 4.78 is 0. The summed E-state index contributed by atoms with van der Waals surface area (Å²) in [5, 5.41) is 21.0. The highest BCUT2D eigenvalue weighted by Crippen LogP contribution is 2.43. The summed E-state index contributed by atoms with van der Waals surface area (Å²) in [6.45, 7) is 0. The second-order valence-corrected chi connectivity index (χ2v) is 5.11. The second kappa shape index (κ2) is 4.62. The Labute approximate surface area is 120 Å². The second-order valence-electron chi connectivity index (χ2n) is 4.68. The molecule has 0 N–H and O–H groups in total. The zero-order chi connectivity index (χ0) is 14.3. The van der Waals surface area contributed by atoms with Gasteiger partial charge in [0.05, 0.1) is 16.9 Å². The van der Waals surface area contributed by atoms with E-state index in [4.69, 9.17) is 11.6 Å². The number of rotatable bonds is 1. The van der Waals surface area contributed by atoms with Gasteiger partial charge >= 0.3 is 0 Å². The van der Waals surface area contributed by atoms with Gasteiger partial charge in [0.2, 0.25) is 0 Å². The first-order valence-corrected chi connectivity index (χ1v) is 6.45. The molecular weight excluding hydrogens is 276 g/mol. The van der Waals surface area contributed by atoms with Crippen LogP contribution in [0.1, 0.15) is 17.0 Å². The molecule has 5 heteroatoms. The Bertz CT molecular complexity index is 765. The first kappa shape index (κ1) is 12.6. The third-order valence-corrected chi connectivity index (χ3v) is 3.83. The van der Waals surface area contributed by atoms with Gasteiger partial charge in [-0.25, -0.2) is 0 Å². The highest BCUT2D eigenvalue weighted by atomic mass is 35.5. The zero-order valence-electron chi connectivity index (χ0n) is 10.3. The Morgan fingerprint density at radius 3 is 2.80 bits per heavy atom. The molecule has 0 saturated carbocycles. The molecule has 20 heavy (non-hydrogen) atoms. The lowest BCUT2D eigenvalue weighted by atomic mass is 9.79. The number of nitro groups is 1. The Morgan fingerprint density at radius 2 is 2.10 bits per heavy atom. The average Bonchev–Trinajstić information content (AvgIpc) is 2.45. The van der Waals surface area contributed by atoms with Crippen molar-refractivity contribution in [3.05, 3.63) is 62.7 Å². The largest absolute Gasteiger partial charge is 0.273 e. The van der Waals surface area contributed by atoms with Crippen LogP contribution in [0, 0.1) is 21.4 Å². The van der Waals surface area contributed by atoms with Crippen LogP contribution in [0.3, 0.4) is 0 Å². The van der Waals surface area contributed by atoms with E-state index in [1.54, 1.807) is 18.2 Å². The summed E-state index contributed by atoms with van der Waals surface area (Å²) in [4.78, 5) is 10.7. The normalized spacial score (nSPS) is 15.9. The molecule has 0 saturated heterocycles. The van der Waals surface area contributed by atoms with Crippen molar-refractivity contribution in [3.8, 4) is 17.2 Å². The molecule has 0 bridgehead atoms. The fraction of sp³-hybridized carbons (Fsp3) is 0.133. The summed E-state index contributed by atoms with van der Waals surface area (Å²) in [7, 11) is 0. The van der Waals surface area contributed by atoms with Crippen LogP contribution in [0.4, 0.5) is 5.69 Å². The first-order valence-electron chi connectivity index (χ1n) is 6.07. The molecule has 0 aromatic heterocycles. The third kappa shape index (κ3) is 1.84. The number of nitrogens with zero attached hydrogens (tertiary/aromatic N) is 2. The molecule has 0 heterocycles. The van der Waals surface area contributed by atoms with Gasteiger partial charge in [-0.1, -0.05) is 29.8 Å². The van der Waals surface area contributed by atoms with Gasteiger partial charge in [-0.2, -0.15) is 5.26 Å². The number of hydrogen-bond acceptors (Lipinski definition) is 3. The number of halogens is 1. The van der Waals surface area contributed by atoms with E-state index >= 15 is 0 Å². The molecule has 4 nitrogen and oxygen atoms in total. The molecule has 3 rings (SSSR count). The molecule has 0 amide bonds. The lowest BCUT2D eigenvalue weighted by Gasteiger charge is -2.23. The fourth-order valence-electron chi connectivity index (χ4n) is 2.71. The number of nitriles is 1. The SMILES string of the molecule is N#CC1Cc2c(cccc2[N+](=O)[O-])-c2cc(Cl)ccc21. The van der Waals surface area contributed by atoms with Crippen molar-refractivity contribution in [3.63, 3.8) is 0 Å². The van der Waals surface area contributed by atoms with Gasteiger partial charge in [-0.3, -0.25) is 10.1 Å². The van der Waals surface area contributed by atoms with E-state index < -0.39 is 4.92 Å². The van der Waals surface area contributed by atoms with E-state index in [-0.39, 0.29) is 11.6 Å². The minimum atomic E-state index is -0.400. The van der Waals surface area contributed by atoms with Crippen LogP contribution in [-0.2, 0) is 6.42 Å². The lowest BCUT2D eigenvalue weighted by Crippen LogP contribution is -2.11. The van der Waals surface area contributed by atoms with E-state index in [1.807, 2.05) is 12.1 Å². The van der Waals surface area contributed by atoms with Gasteiger partial charge in [0.15, 0.2) is 0 Å². The maximum atomic E-state index is 11.1. The molecule has 1 atom stereocenters. The maximum absolute atomic E-state index is 11.1. The van der Waals surface area contributed by atoms with Crippen molar-refractivity contribution in [2.24, 2.45) is 0 Å². The highest BCUT2D eigenvalue weighted by molar-refractivity contribution is 6.31. The quantitative estimate of drug-likeness (QED) is 0.585. The molecule has 98 valence electrons. The minimum Gasteiger partial charge on any atom is -0.258 e. The van der Waals surface area contributed by atoms with Crippen molar-refractivity contribution in [2.75, 3.05) is 0 Å². The van der Waals surface area contributed by atoms with Crippen LogP contribution >= 0.6 is 11.6 Å². The monoisotopic (exact) mass is 284 g/mol. The Kier molecular flexibility index (Phi) is 2.92. The third-order valence-electron chi connectivity index (χ3n) is 3.59. The summed E-state index contributed by atoms with van der Waals surface area (Å²) in [5.41, 5.74) is 3.16. The van der Waals surface area contributed by atoms with Crippen LogP contribution in [0.2, 0.25) is 5.02 Å². The van der Waals surface area contributed by atoms with Gasteiger partial charge in [0.25, 0.3) is 5.69 Å². The van der Waals surface area contributed by atoms with Crippen LogP contribution in [0.5, 0.6) is 0 Å². The number of benzene rings is 2. The van der Waals surface area contributed by atoms with Gasteiger partial charge in [0, 0.05) is 16.7 Å². The molecule has 2 aromatic carbocycles. The van der Waals surface area contributed by atoms with Crippen LogP contribution in [0.15, 0.2) is 36.4 Å². The van der Waals surface area contributed by atoms with E-state index in [1.165, 1.54) is 6.07 Å². The summed E-state index contributed by atoms with van der Waals surface area (Å²) >= 11 is 6.02. The standard InChI is InChI=1S/C15H9ClN2O2/c16-10-4-5-11-9(8-17)6-14-12(13(11)7-10)2-1-3-15(14)18(19)20/h1-5,7,9H,6H2. The topological polar surface area (TPSA) is 66.9 Å². The summed E-state index contributed by atoms with van der Waals surface area (Å²) in [5.74, 6) is -0.379. The average molecular weight is 285 g/mol. The van der Waals surface area contributed by atoms with Crippen molar-refractivity contribution in [1.82, 2.24) is 0 Å². The molecule has 0 fully saturated rings. The summed E-state index contributed by atoms with van der Waals surface area (Å²) in [6, 6.07) is 12.5. The molecule has 0 radical (unpaired) electrons. The smallest absolute Gasteiger partial charge is 0.258 e. The van der Waals surface area contributed by atoms with E-state index in [9.17, 15) is 15.4 Å². The van der Waals surface area contributed by atoms with E-state index in [0.717, 1.165) is 16.7 Å². The molecule has 0 spiro atoms. The van der Waals surface area contributed by atoms with Crippen LogP contribution in [0.25, 0.3) is 11.1 Å². The first-order chi connectivity index (χ1) is 9.61. The van der Waals surface area contributed by atoms with Gasteiger partial charge < -0.3 is 0 Å². The molecule has 0 aliphatic heterocycles. The molecule has 1 aliphatic carbocycles. The van der Waals surface area contributed by atoms with Crippen molar-refractivity contribution in [1.29, 1.82) is 5.26 Å². The Hall–Kier alpha value is -2.38. The van der Waals surface area contributed by atoms with Crippen LogP contribution in [-0.4, -0.2) is 4.92 Å². The van der Waals surface area contributed by atoms with Gasteiger partial charge in [0.1, 0.15) is 0 Å². The predicted octanol–water partition coefficient (Wildman–Crippen LogP) is 4.08. The Balaban J connectivity index is 2.33. The predicted molar refractivity (Wildman–Crippen MR) is 75.6 cm³/mol. The van der Waals surface area contributed by atoms with Crippen LogP contribution < -0.4 is 0 Å². The lowest BCUT2D eigenvalue weighted by molar-refractivity contribution is -0.385. The number of fused-ring (bicyclic) bond motifs is 3. The zero-order valence-corrected chi connectivity index (χ0v) is 11.1. The van der Waals surface area contributed by atoms with E-state index in [0.29, 0.717) is 17.0 Å². The highest BCUT2D eigenvalue weighted by Gasteiger charge is 2.29. The molecular formula is C15H9ClN2O2. The number of hydrogen-bond donors (Lipinski definition) is 0. The maximum Gasteiger partial charge on any atom is 0.273 e. The Morgan fingerprint density at radius 1 is 1.30 bits per heavy atom. The fourth-order valence-corrected chi connectivity index (χ4v) is 2.88. The molecule has 2 aromatic rings. The van der Waals surface area contributed by atoms with Crippen molar-refractivity contribution >= 4 is 17.3 Å².